The summed E-state index contributed by atoms with van der Waals surface area (Å²) in [5.41, 5.74) is 2.68. The van der Waals surface area contributed by atoms with Crippen molar-refractivity contribution in [3.8, 4) is 0 Å². The standard InChI is InChI=1S/C70H98N10O10/c1-41(2)33-51-61(81)73-53(35-43(5)6)67(87)79-59(45(9)10)69(89)78-58(40-50-31-23-16-24-32-50)66(86)76-56(38-48-27-19-14-20-28-48)64(84)72-52(34-42(3)4)62(82)74-54(36-44(7)8)68(88)80-60(46(11)12)70(90)77-57(39-49-29-21-15-22-30-49)65(85)75-55(63(83)71-51)37-47-25-17-13-18-26-47/h13-32,41-46,51-60H,33-40H2,1-12H3,(H,71,83)(H,72,84)(H,73,81)(H,74,82)(H,75,85)(H,76,86)(H,77,90)(H,78,89)(H,79,87)(H,80,88)/t51-,52-,53-,54-,55-,56-,57+,58+,59+,60+/m0/s1. The number of carbonyl (C=O) groups is 10. The number of rotatable bonds is 18. The van der Waals surface area contributed by atoms with Crippen LogP contribution in [0.4, 0.5) is 0 Å². The molecule has 4 aromatic rings. The fraction of sp³-hybridized carbons (Fsp3) is 0.514. The molecule has 20 heteroatoms. The van der Waals surface area contributed by atoms with Gasteiger partial charge in [0, 0.05) is 25.7 Å². The predicted molar refractivity (Wildman–Crippen MR) is 347 cm³/mol. The zero-order valence-electron chi connectivity index (χ0n) is 54.5. The van der Waals surface area contributed by atoms with Crippen LogP contribution < -0.4 is 53.2 Å². The molecule has 0 bridgehead atoms. The predicted octanol–water partition coefficient (Wildman–Crippen LogP) is 5.32. The highest BCUT2D eigenvalue weighted by molar-refractivity contribution is 6.00. The zero-order valence-corrected chi connectivity index (χ0v) is 54.5. The molecule has 0 saturated carbocycles. The SMILES string of the molecule is CC(C)C[C@@H]1NC(=O)[C@H](Cc2ccccc2)NC(=O)[C@@H](Cc2ccccc2)NC(=O)[C@@H](C(C)C)NC(=O)[C@H](CC(C)C)NC(=O)[C@H](CC(C)C)NC(=O)[C@H](Cc2ccccc2)NC(=O)[C@@H](Cc2ccccc2)NC(=O)[C@@H](C(C)C)NC(=O)[C@H](CC(C)C)NC1=O. The normalized spacial score (nSPS) is 23.8. The molecule has 0 radical (unpaired) electrons. The van der Waals surface area contributed by atoms with E-state index in [1.165, 1.54) is 0 Å². The van der Waals surface area contributed by atoms with E-state index in [0.717, 1.165) is 0 Å². The molecule has 0 aliphatic carbocycles. The van der Waals surface area contributed by atoms with E-state index in [0.29, 0.717) is 22.3 Å². The first-order valence-corrected chi connectivity index (χ1v) is 31.9. The second kappa shape index (κ2) is 35.7. The first-order valence-electron chi connectivity index (χ1n) is 31.9. The van der Waals surface area contributed by atoms with Crippen LogP contribution in [0.15, 0.2) is 121 Å². The van der Waals surface area contributed by atoms with Gasteiger partial charge in [0.2, 0.25) is 59.1 Å². The van der Waals surface area contributed by atoms with Crippen LogP contribution in [-0.4, -0.2) is 119 Å². The lowest BCUT2D eigenvalue weighted by molar-refractivity contribution is -0.137. The molecule has 5 rings (SSSR count). The van der Waals surface area contributed by atoms with E-state index in [1.54, 1.807) is 149 Å². The van der Waals surface area contributed by atoms with Crippen LogP contribution in [0.25, 0.3) is 0 Å². The van der Waals surface area contributed by atoms with Crippen LogP contribution in [0.1, 0.15) is 131 Å². The summed E-state index contributed by atoms with van der Waals surface area (Å²) in [5.74, 6) is -8.91. The maximum atomic E-state index is 14.9. The Morgan fingerprint density at radius 3 is 0.589 bits per heavy atom. The van der Waals surface area contributed by atoms with Gasteiger partial charge in [-0.05, 0) is 83.4 Å². The molecular formula is C70H98N10O10. The van der Waals surface area contributed by atoms with E-state index in [4.69, 9.17) is 0 Å². The van der Waals surface area contributed by atoms with Gasteiger partial charge in [0.15, 0.2) is 0 Å². The second-order valence-electron chi connectivity index (χ2n) is 26.2. The van der Waals surface area contributed by atoms with Crippen molar-refractivity contribution in [2.45, 2.75) is 195 Å². The Bertz CT molecular complexity index is 2800. The molecule has 0 spiro atoms. The van der Waals surface area contributed by atoms with Crippen LogP contribution in [0.2, 0.25) is 0 Å². The first kappa shape index (κ1) is 72.3. The van der Waals surface area contributed by atoms with E-state index in [2.05, 4.69) is 53.2 Å². The highest BCUT2D eigenvalue weighted by Crippen LogP contribution is 2.17. The van der Waals surface area contributed by atoms with Crippen molar-refractivity contribution in [3.63, 3.8) is 0 Å². The Labute approximate surface area is 531 Å². The van der Waals surface area contributed by atoms with Gasteiger partial charge in [0.25, 0.3) is 0 Å². The maximum Gasteiger partial charge on any atom is 0.243 e. The van der Waals surface area contributed by atoms with E-state index in [-0.39, 0.29) is 75.0 Å². The summed E-state index contributed by atoms with van der Waals surface area (Å²) in [6.07, 6.45) is 0.340. The van der Waals surface area contributed by atoms with E-state index in [9.17, 15) is 47.9 Å². The van der Waals surface area contributed by atoms with Crippen molar-refractivity contribution in [1.82, 2.24) is 53.2 Å². The number of hydrogen-bond donors (Lipinski definition) is 10. The summed E-state index contributed by atoms with van der Waals surface area (Å²) in [6, 6.07) is 23.1. The molecule has 10 amide bonds. The van der Waals surface area contributed by atoms with Gasteiger partial charge in [-0.15, -0.1) is 0 Å². The van der Waals surface area contributed by atoms with E-state index in [1.807, 2.05) is 55.4 Å². The molecule has 1 heterocycles. The summed E-state index contributed by atoms with van der Waals surface area (Å²) in [6.45, 7) is 21.8. The van der Waals surface area contributed by atoms with Gasteiger partial charge in [-0.2, -0.15) is 0 Å². The lowest BCUT2D eigenvalue weighted by Gasteiger charge is -2.31. The molecule has 10 N–H and O–H groups in total. The quantitative estimate of drug-likeness (QED) is 0.0612. The number of amides is 10. The summed E-state index contributed by atoms with van der Waals surface area (Å²) in [5, 5.41) is 28.7. The molecule has 10 atom stereocenters. The van der Waals surface area contributed by atoms with Gasteiger partial charge in [-0.3, -0.25) is 47.9 Å². The second-order valence-corrected chi connectivity index (χ2v) is 26.2. The average molecular weight is 1240 g/mol. The Morgan fingerprint density at radius 2 is 0.400 bits per heavy atom. The smallest absolute Gasteiger partial charge is 0.243 e. The number of nitrogens with one attached hydrogen (secondary N) is 10. The number of benzene rings is 4. The molecule has 1 aliphatic rings. The summed E-state index contributed by atoms with van der Waals surface area (Å²) in [7, 11) is 0. The van der Waals surface area contributed by atoms with Crippen LogP contribution in [0.5, 0.6) is 0 Å². The maximum absolute atomic E-state index is 14.9. The van der Waals surface area contributed by atoms with Crippen molar-refractivity contribution in [2.24, 2.45) is 35.5 Å². The Kier molecular flexibility index (Phi) is 28.7. The van der Waals surface area contributed by atoms with Crippen molar-refractivity contribution in [3.05, 3.63) is 144 Å². The van der Waals surface area contributed by atoms with Crippen molar-refractivity contribution >= 4 is 59.1 Å². The summed E-state index contributed by atoms with van der Waals surface area (Å²) in [4.78, 5) is 148. The minimum atomic E-state index is -1.32. The van der Waals surface area contributed by atoms with E-state index >= 15 is 0 Å². The molecule has 20 nitrogen and oxygen atoms in total. The molecule has 90 heavy (non-hydrogen) atoms. The van der Waals surface area contributed by atoms with Gasteiger partial charge < -0.3 is 53.2 Å². The van der Waals surface area contributed by atoms with Gasteiger partial charge >= 0.3 is 0 Å². The molecule has 0 unspecified atom stereocenters. The minimum Gasteiger partial charge on any atom is -0.343 e. The van der Waals surface area contributed by atoms with Crippen molar-refractivity contribution in [2.75, 3.05) is 0 Å². The Balaban J connectivity index is 1.65. The van der Waals surface area contributed by atoms with Gasteiger partial charge in [-0.1, -0.05) is 204 Å². The third kappa shape index (κ3) is 23.8. The van der Waals surface area contributed by atoms with Gasteiger partial charge in [-0.25, -0.2) is 0 Å². The summed E-state index contributed by atoms with van der Waals surface area (Å²) >= 11 is 0. The van der Waals surface area contributed by atoms with Crippen LogP contribution >= 0.6 is 0 Å². The molecule has 1 aliphatic heterocycles. The lowest BCUT2D eigenvalue weighted by atomic mass is 9.97. The first-order chi connectivity index (χ1) is 42.7. The largest absolute Gasteiger partial charge is 0.343 e. The van der Waals surface area contributed by atoms with Crippen LogP contribution in [0.3, 0.4) is 0 Å². The third-order valence-electron chi connectivity index (χ3n) is 15.5. The fourth-order valence-corrected chi connectivity index (χ4v) is 10.8. The zero-order chi connectivity index (χ0) is 66.2. The van der Waals surface area contributed by atoms with Crippen molar-refractivity contribution < 1.29 is 47.9 Å². The average Bonchev–Trinajstić information content (AvgIpc) is 1.14. The van der Waals surface area contributed by atoms with Crippen LogP contribution in [0, 0.1) is 35.5 Å². The highest BCUT2D eigenvalue weighted by Gasteiger charge is 2.39. The fourth-order valence-electron chi connectivity index (χ4n) is 10.8. The molecular weight excluding hydrogens is 1140 g/mol. The van der Waals surface area contributed by atoms with Crippen LogP contribution in [-0.2, 0) is 73.6 Å². The topological polar surface area (TPSA) is 291 Å². The Hall–Kier alpha value is -8.42. The molecule has 1 saturated heterocycles. The van der Waals surface area contributed by atoms with Crippen molar-refractivity contribution in [1.29, 1.82) is 0 Å². The third-order valence-corrected chi connectivity index (χ3v) is 15.5. The van der Waals surface area contributed by atoms with Gasteiger partial charge in [0.05, 0.1) is 0 Å². The number of hydrogen-bond acceptors (Lipinski definition) is 10. The highest BCUT2D eigenvalue weighted by atomic mass is 16.2. The number of carbonyl (C=O) groups excluding carboxylic acids is 10. The molecule has 1 fully saturated rings. The molecule has 4 aromatic carbocycles. The van der Waals surface area contributed by atoms with E-state index < -0.39 is 131 Å². The Morgan fingerprint density at radius 1 is 0.233 bits per heavy atom. The summed E-state index contributed by atoms with van der Waals surface area (Å²) < 4.78 is 0. The minimum absolute atomic E-state index is 0.0328. The van der Waals surface area contributed by atoms with Gasteiger partial charge in [0.1, 0.15) is 60.4 Å². The lowest BCUT2D eigenvalue weighted by Crippen LogP contribution is -2.62. The molecule has 0 aromatic heterocycles. The molecule has 488 valence electrons. The monoisotopic (exact) mass is 1240 g/mol.